The van der Waals surface area contributed by atoms with Crippen LogP contribution in [0.2, 0.25) is 0 Å². The summed E-state index contributed by atoms with van der Waals surface area (Å²) in [7, 11) is 1.97. The third-order valence-electron chi connectivity index (χ3n) is 2.75. The molecular formula is C12H23N3. The Bertz CT molecular complexity index is 291. The Labute approximate surface area is 92.9 Å². The molecule has 1 atom stereocenters. The lowest BCUT2D eigenvalue weighted by Crippen LogP contribution is -2.25. The second-order valence-corrected chi connectivity index (χ2v) is 4.34. The van der Waals surface area contributed by atoms with Crippen molar-refractivity contribution in [2.24, 2.45) is 7.05 Å². The fourth-order valence-corrected chi connectivity index (χ4v) is 1.72. The summed E-state index contributed by atoms with van der Waals surface area (Å²) in [6.45, 7) is 7.48. The normalized spacial score (nSPS) is 13.1. The molecule has 0 spiro atoms. The quantitative estimate of drug-likeness (QED) is 0.779. The second kappa shape index (κ2) is 5.91. The molecule has 1 heterocycles. The van der Waals surface area contributed by atoms with Crippen molar-refractivity contribution in [1.82, 2.24) is 15.1 Å². The molecule has 3 nitrogen and oxygen atoms in total. The van der Waals surface area contributed by atoms with Crippen LogP contribution in [0.1, 0.15) is 44.4 Å². The minimum absolute atomic E-state index is 0.601. The summed E-state index contributed by atoms with van der Waals surface area (Å²) in [5.74, 6) is 0. The molecule has 15 heavy (non-hydrogen) atoms. The minimum atomic E-state index is 0.601. The first kappa shape index (κ1) is 12.2. The molecular weight excluding hydrogens is 186 g/mol. The van der Waals surface area contributed by atoms with Crippen LogP contribution in [0.25, 0.3) is 0 Å². The van der Waals surface area contributed by atoms with E-state index < -0.39 is 0 Å². The minimum Gasteiger partial charge on any atom is -0.310 e. The van der Waals surface area contributed by atoms with Crippen LogP contribution in [0.4, 0.5) is 0 Å². The number of hydrogen-bond donors (Lipinski definition) is 1. The molecule has 3 heteroatoms. The van der Waals surface area contributed by atoms with E-state index in [4.69, 9.17) is 0 Å². The number of rotatable bonds is 6. The summed E-state index contributed by atoms with van der Waals surface area (Å²) in [6, 6.07) is 0.601. The van der Waals surface area contributed by atoms with Gasteiger partial charge in [0.25, 0.3) is 0 Å². The summed E-state index contributed by atoms with van der Waals surface area (Å²) in [5, 5.41) is 7.86. The van der Waals surface area contributed by atoms with Gasteiger partial charge in [0.05, 0.1) is 5.69 Å². The monoisotopic (exact) mass is 209 g/mol. The summed E-state index contributed by atoms with van der Waals surface area (Å²) in [6.07, 6.45) is 5.93. The van der Waals surface area contributed by atoms with Crippen LogP contribution < -0.4 is 5.32 Å². The molecule has 86 valence electrons. The number of nitrogens with zero attached hydrogens (tertiary/aromatic N) is 2. The molecule has 1 aromatic rings. The third kappa shape index (κ3) is 4.04. The maximum Gasteiger partial charge on any atom is 0.0638 e. The van der Waals surface area contributed by atoms with E-state index in [1.807, 2.05) is 11.7 Å². The highest BCUT2D eigenvalue weighted by Crippen LogP contribution is 2.06. The van der Waals surface area contributed by atoms with E-state index in [1.165, 1.54) is 24.8 Å². The molecule has 1 rings (SSSR count). The average Bonchev–Trinajstić information content (AvgIpc) is 2.51. The Kier molecular flexibility index (Phi) is 4.82. The molecule has 0 saturated heterocycles. The number of aromatic nitrogens is 2. The van der Waals surface area contributed by atoms with Crippen molar-refractivity contribution in [2.45, 2.75) is 52.6 Å². The van der Waals surface area contributed by atoms with Crippen molar-refractivity contribution in [2.75, 3.05) is 0 Å². The van der Waals surface area contributed by atoms with Gasteiger partial charge in [-0.1, -0.05) is 19.8 Å². The first-order valence-corrected chi connectivity index (χ1v) is 5.86. The molecule has 0 aliphatic carbocycles. The predicted molar refractivity (Wildman–Crippen MR) is 63.8 cm³/mol. The van der Waals surface area contributed by atoms with Gasteiger partial charge in [0.2, 0.25) is 0 Å². The third-order valence-corrected chi connectivity index (χ3v) is 2.75. The van der Waals surface area contributed by atoms with Crippen molar-refractivity contribution < 1.29 is 0 Å². The molecule has 0 aromatic carbocycles. The first-order chi connectivity index (χ1) is 7.13. The number of aryl methyl sites for hydroxylation is 2. The van der Waals surface area contributed by atoms with Gasteiger partial charge in [-0.2, -0.15) is 5.10 Å². The lowest BCUT2D eigenvalue weighted by molar-refractivity contribution is 0.494. The second-order valence-electron chi connectivity index (χ2n) is 4.34. The summed E-state index contributed by atoms with van der Waals surface area (Å²) in [4.78, 5) is 0. The van der Waals surface area contributed by atoms with Gasteiger partial charge >= 0.3 is 0 Å². The average molecular weight is 209 g/mol. The van der Waals surface area contributed by atoms with E-state index in [9.17, 15) is 0 Å². The number of nitrogens with one attached hydrogen (secondary N) is 1. The van der Waals surface area contributed by atoms with Gasteiger partial charge in [0.15, 0.2) is 0 Å². The Hall–Kier alpha value is -0.830. The maximum atomic E-state index is 4.33. The van der Waals surface area contributed by atoms with Crippen LogP contribution >= 0.6 is 0 Å². The van der Waals surface area contributed by atoms with Gasteiger partial charge in [0, 0.05) is 31.4 Å². The van der Waals surface area contributed by atoms with Gasteiger partial charge in [-0.05, 0) is 20.3 Å². The van der Waals surface area contributed by atoms with Gasteiger partial charge < -0.3 is 5.32 Å². The van der Waals surface area contributed by atoms with Gasteiger partial charge in [-0.25, -0.2) is 0 Å². The molecule has 0 radical (unpaired) electrons. The smallest absolute Gasteiger partial charge is 0.0638 e. The zero-order chi connectivity index (χ0) is 11.3. The standard InChI is InChI=1S/C12H23N3/c1-5-6-7-10(2)13-8-12-9-15(4)14-11(12)3/h9-10,13H,5-8H2,1-4H3. The van der Waals surface area contributed by atoms with Gasteiger partial charge in [-0.3, -0.25) is 4.68 Å². The molecule has 0 aliphatic rings. The molecule has 0 amide bonds. The SMILES string of the molecule is CCCCC(C)NCc1cn(C)nc1C. The van der Waals surface area contributed by atoms with Crippen LogP contribution in [-0.2, 0) is 13.6 Å². The van der Waals surface area contributed by atoms with E-state index in [2.05, 4.69) is 37.4 Å². The lowest BCUT2D eigenvalue weighted by atomic mass is 10.1. The van der Waals surface area contributed by atoms with E-state index in [0.717, 1.165) is 12.2 Å². The van der Waals surface area contributed by atoms with Crippen LogP contribution in [0.5, 0.6) is 0 Å². The van der Waals surface area contributed by atoms with E-state index in [-0.39, 0.29) is 0 Å². The Balaban J connectivity index is 2.33. The summed E-state index contributed by atoms with van der Waals surface area (Å²) >= 11 is 0. The van der Waals surface area contributed by atoms with Crippen molar-refractivity contribution >= 4 is 0 Å². The Morgan fingerprint density at radius 3 is 2.80 bits per heavy atom. The Morgan fingerprint density at radius 1 is 1.53 bits per heavy atom. The zero-order valence-electron chi connectivity index (χ0n) is 10.4. The number of unbranched alkanes of at least 4 members (excludes halogenated alkanes) is 1. The molecule has 0 saturated carbocycles. The molecule has 0 bridgehead atoms. The summed E-state index contributed by atoms with van der Waals surface area (Å²) < 4.78 is 1.88. The highest BCUT2D eigenvalue weighted by molar-refractivity contribution is 5.14. The lowest BCUT2D eigenvalue weighted by Gasteiger charge is -2.12. The zero-order valence-corrected chi connectivity index (χ0v) is 10.4. The van der Waals surface area contributed by atoms with Crippen molar-refractivity contribution in [3.8, 4) is 0 Å². The van der Waals surface area contributed by atoms with E-state index >= 15 is 0 Å². The Morgan fingerprint density at radius 2 is 2.27 bits per heavy atom. The maximum absolute atomic E-state index is 4.33. The van der Waals surface area contributed by atoms with E-state index in [0.29, 0.717) is 6.04 Å². The molecule has 1 unspecified atom stereocenters. The topological polar surface area (TPSA) is 29.9 Å². The van der Waals surface area contributed by atoms with E-state index in [1.54, 1.807) is 0 Å². The van der Waals surface area contributed by atoms with Crippen molar-refractivity contribution in [3.63, 3.8) is 0 Å². The van der Waals surface area contributed by atoms with Crippen LogP contribution in [-0.4, -0.2) is 15.8 Å². The van der Waals surface area contributed by atoms with Gasteiger partial charge in [0.1, 0.15) is 0 Å². The van der Waals surface area contributed by atoms with Crippen LogP contribution in [0, 0.1) is 6.92 Å². The largest absolute Gasteiger partial charge is 0.310 e. The molecule has 0 fully saturated rings. The van der Waals surface area contributed by atoms with Crippen molar-refractivity contribution in [1.29, 1.82) is 0 Å². The van der Waals surface area contributed by atoms with Crippen LogP contribution in [0.3, 0.4) is 0 Å². The van der Waals surface area contributed by atoms with Gasteiger partial charge in [-0.15, -0.1) is 0 Å². The number of hydrogen-bond acceptors (Lipinski definition) is 2. The van der Waals surface area contributed by atoms with Crippen molar-refractivity contribution in [3.05, 3.63) is 17.5 Å². The fraction of sp³-hybridized carbons (Fsp3) is 0.750. The highest BCUT2D eigenvalue weighted by Gasteiger charge is 2.05. The fourth-order valence-electron chi connectivity index (χ4n) is 1.72. The summed E-state index contributed by atoms with van der Waals surface area (Å²) in [5.41, 5.74) is 2.44. The predicted octanol–water partition coefficient (Wildman–Crippen LogP) is 2.40. The molecule has 0 aliphatic heterocycles. The van der Waals surface area contributed by atoms with Crippen LogP contribution in [0.15, 0.2) is 6.20 Å². The molecule has 1 aromatic heterocycles. The molecule has 1 N–H and O–H groups in total. The first-order valence-electron chi connectivity index (χ1n) is 5.86. The highest BCUT2D eigenvalue weighted by atomic mass is 15.2.